The summed E-state index contributed by atoms with van der Waals surface area (Å²) in [5.41, 5.74) is 3.89. The number of nitrogens with zero attached hydrogens (tertiary/aromatic N) is 1. The molecular formula is C14H17N. The molecule has 2 aromatic rings. The predicted octanol–water partition coefficient (Wildman–Crippen LogP) is 3.78. The third-order valence-electron chi connectivity index (χ3n) is 2.68. The van der Waals surface area contributed by atoms with Gasteiger partial charge >= 0.3 is 0 Å². The van der Waals surface area contributed by atoms with Gasteiger partial charge < -0.3 is 4.57 Å². The van der Waals surface area contributed by atoms with Crippen molar-refractivity contribution in [2.75, 3.05) is 0 Å². The topological polar surface area (TPSA) is 4.93 Å². The van der Waals surface area contributed by atoms with Crippen LogP contribution in [0.25, 0.3) is 10.9 Å². The van der Waals surface area contributed by atoms with Crippen molar-refractivity contribution in [2.45, 2.75) is 26.8 Å². The van der Waals surface area contributed by atoms with Gasteiger partial charge in [-0.15, -0.1) is 0 Å². The summed E-state index contributed by atoms with van der Waals surface area (Å²) in [6.45, 7) is 9.11. The molecule has 1 nitrogen and oxygen atoms in total. The number of hydrogen-bond donors (Lipinski definition) is 0. The van der Waals surface area contributed by atoms with Crippen molar-refractivity contribution < 1.29 is 0 Å². The molecule has 1 heteroatoms. The van der Waals surface area contributed by atoms with E-state index in [0.717, 1.165) is 13.0 Å². The minimum Gasteiger partial charge on any atom is -0.343 e. The first-order chi connectivity index (χ1) is 7.20. The highest BCUT2D eigenvalue weighted by Crippen LogP contribution is 2.18. The Morgan fingerprint density at radius 3 is 2.80 bits per heavy atom. The zero-order valence-electron chi connectivity index (χ0n) is 9.46. The fourth-order valence-electron chi connectivity index (χ4n) is 1.90. The highest BCUT2D eigenvalue weighted by Gasteiger charge is 2.01. The first-order valence-corrected chi connectivity index (χ1v) is 5.43. The molecule has 0 atom stereocenters. The van der Waals surface area contributed by atoms with Gasteiger partial charge in [0.1, 0.15) is 0 Å². The van der Waals surface area contributed by atoms with E-state index < -0.39 is 0 Å². The fourth-order valence-corrected chi connectivity index (χ4v) is 1.90. The average molecular weight is 199 g/mol. The van der Waals surface area contributed by atoms with Crippen LogP contribution >= 0.6 is 0 Å². The maximum absolute atomic E-state index is 3.95. The number of aryl methyl sites for hydroxylation is 1. The molecular weight excluding hydrogens is 182 g/mol. The number of aromatic nitrogens is 1. The van der Waals surface area contributed by atoms with Crippen molar-refractivity contribution in [2.24, 2.45) is 0 Å². The lowest BCUT2D eigenvalue weighted by Crippen LogP contribution is -1.95. The first-order valence-electron chi connectivity index (χ1n) is 5.43. The van der Waals surface area contributed by atoms with Crippen LogP contribution in [0.5, 0.6) is 0 Å². The van der Waals surface area contributed by atoms with Gasteiger partial charge in [0.15, 0.2) is 0 Å². The zero-order valence-corrected chi connectivity index (χ0v) is 9.46. The van der Waals surface area contributed by atoms with E-state index in [1.807, 2.05) is 0 Å². The molecule has 0 spiro atoms. The molecule has 0 aliphatic rings. The molecule has 1 heterocycles. The lowest BCUT2D eigenvalue weighted by molar-refractivity contribution is 0.822. The van der Waals surface area contributed by atoms with Crippen LogP contribution in [-0.4, -0.2) is 4.57 Å². The molecule has 1 aromatic carbocycles. The maximum atomic E-state index is 3.95. The lowest BCUT2D eigenvalue weighted by Gasteiger charge is -2.05. The van der Waals surface area contributed by atoms with Gasteiger partial charge in [-0.3, -0.25) is 0 Å². The summed E-state index contributed by atoms with van der Waals surface area (Å²) in [6.07, 6.45) is 3.24. The van der Waals surface area contributed by atoms with E-state index in [9.17, 15) is 0 Å². The Kier molecular flexibility index (Phi) is 2.63. The maximum Gasteiger partial charge on any atom is 0.0483 e. The second kappa shape index (κ2) is 3.93. The van der Waals surface area contributed by atoms with Gasteiger partial charge in [0.2, 0.25) is 0 Å². The Hall–Kier alpha value is -1.50. The highest BCUT2D eigenvalue weighted by atomic mass is 14.9. The predicted molar refractivity (Wildman–Crippen MR) is 66.1 cm³/mol. The van der Waals surface area contributed by atoms with Crippen LogP contribution in [0.3, 0.4) is 0 Å². The number of rotatable bonds is 3. The quantitative estimate of drug-likeness (QED) is 0.663. The average Bonchev–Trinajstić information content (AvgIpc) is 2.60. The normalized spacial score (nSPS) is 10.8. The van der Waals surface area contributed by atoms with Gasteiger partial charge in [-0.2, -0.15) is 0 Å². The summed E-state index contributed by atoms with van der Waals surface area (Å²) in [5.74, 6) is 0. The van der Waals surface area contributed by atoms with Gasteiger partial charge in [-0.05, 0) is 42.5 Å². The van der Waals surface area contributed by atoms with E-state index >= 15 is 0 Å². The molecule has 0 amide bonds. The molecule has 2 rings (SSSR count). The van der Waals surface area contributed by atoms with Crippen LogP contribution in [-0.2, 0) is 13.0 Å². The number of fused-ring (bicyclic) bond motifs is 1. The van der Waals surface area contributed by atoms with Crippen LogP contribution in [0.1, 0.15) is 19.4 Å². The standard InChI is InChI=1S/C14H17N/c1-4-12-5-6-14-13(9-12)7-8-15(14)10-11(2)3/h5-9H,2,4,10H2,1,3H3. The summed E-state index contributed by atoms with van der Waals surface area (Å²) in [6, 6.07) is 8.86. The van der Waals surface area contributed by atoms with Crippen molar-refractivity contribution in [1.29, 1.82) is 0 Å². The third-order valence-corrected chi connectivity index (χ3v) is 2.68. The summed E-state index contributed by atoms with van der Waals surface area (Å²) in [7, 11) is 0. The fraction of sp³-hybridized carbons (Fsp3) is 0.286. The van der Waals surface area contributed by atoms with Crippen LogP contribution in [0, 0.1) is 0 Å². The van der Waals surface area contributed by atoms with Crippen molar-refractivity contribution in [3.05, 3.63) is 48.2 Å². The Morgan fingerprint density at radius 1 is 1.33 bits per heavy atom. The summed E-state index contributed by atoms with van der Waals surface area (Å²) in [5, 5.41) is 1.33. The van der Waals surface area contributed by atoms with E-state index in [1.165, 1.54) is 22.0 Å². The molecule has 0 radical (unpaired) electrons. The summed E-state index contributed by atoms with van der Waals surface area (Å²) >= 11 is 0. The molecule has 0 saturated heterocycles. The van der Waals surface area contributed by atoms with Gasteiger partial charge in [-0.1, -0.05) is 25.1 Å². The van der Waals surface area contributed by atoms with Crippen LogP contribution in [0.4, 0.5) is 0 Å². The highest BCUT2D eigenvalue weighted by molar-refractivity contribution is 5.80. The summed E-state index contributed by atoms with van der Waals surface area (Å²) in [4.78, 5) is 0. The van der Waals surface area contributed by atoms with Gasteiger partial charge in [0, 0.05) is 18.3 Å². The van der Waals surface area contributed by atoms with E-state index in [1.54, 1.807) is 0 Å². The van der Waals surface area contributed by atoms with Gasteiger partial charge in [0.25, 0.3) is 0 Å². The molecule has 0 aliphatic heterocycles. The Morgan fingerprint density at radius 2 is 2.13 bits per heavy atom. The van der Waals surface area contributed by atoms with E-state index in [-0.39, 0.29) is 0 Å². The lowest BCUT2D eigenvalue weighted by atomic mass is 10.1. The smallest absolute Gasteiger partial charge is 0.0483 e. The van der Waals surface area contributed by atoms with Crippen molar-refractivity contribution in [1.82, 2.24) is 4.57 Å². The van der Waals surface area contributed by atoms with Crippen LogP contribution in [0.15, 0.2) is 42.6 Å². The van der Waals surface area contributed by atoms with Crippen molar-refractivity contribution in [3.8, 4) is 0 Å². The molecule has 0 bridgehead atoms. The Labute approximate surface area is 91.0 Å². The number of benzene rings is 1. The van der Waals surface area contributed by atoms with E-state index in [4.69, 9.17) is 0 Å². The minimum absolute atomic E-state index is 0.912. The van der Waals surface area contributed by atoms with Crippen molar-refractivity contribution >= 4 is 10.9 Å². The van der Waals surface area contributed by atoms with Crippen molar-refractivity contribution in [3.63, 3.8) is 0 Å². The van der Waals surface area contributed by atoms with Gasteiger partial charge in [0.05, 0.1) is 0 Å². The van der Waals surface area contributed by atoms with E-state index in [0.29, 0.717) is 0 Å². The Bertz CT molecular complexity index is 491. The third kappa shape index (κ3) is 1.96. The largest absolute Gasteiger partial charge is 0.343 e. The molecule has 0 N–H and O–H groups in total. The molecule has 0 saturated carbocycles. The molecule has 1 aromatic heterocycles. The number of hydrogen-bond acceptors (Lipinski definition) is 0. The zero-order chi connectivity index (χ0) is 10.8. The van der Waals surface area contributed by atoms with Gasteiger partial charge in [-0.25, -0.2) is 0 Å². The monoisotopic (exact) mass is 199 g/mol. The second-order valence-corrected chi connectivity index (χ2v) is 4.15. The number of allylic oxidation sites excluding steroid dienone is 1. The second-order valence-electron chi connectivity index (χ2n) is 4.15. The molecule has 0 fully saturated rings. The van der Waals surface area contributed by atoms with Crippen LogP contribution < -0.4 is 0 Å². The Balaban J connectivity index is 2.47. The SMILES string of the molecule is C=C(C)Cn1ccc2cc(CC)ccc21. The molecule has 0 unspecified atom stereocenters. The van der Waals surface area contributed by atoms with E-state index in [2.05, 4.69) is 55.5 Å². The first kappa shape index (κ1) is 10.0. The molecule has 0 aliphatic carbocycles. The molecule has 15 heavy (non-hydrogen) atoms. The summed E-state index contributed by atoms with van der Waals surface area (Å²) < 4.78 is 2.25. The molecule has 78 valence electrons. The minimum atomic E-state index is 0.912. The van der Waals surface area contributed by atoms with Crippen LogP contribution in [0.2, 0.25) is 0 Å².